The van der Waals surface area contributed by atoms with Gasteiger partial charge < -0.3 is 16.0 Å². The van der Waals surface area contributed by atoms with Crippen LogP contribution in [0.2, 0.25) is 0 Å². The van der Waals surface area contributed by atoms with Gasteiger partial charge in [0.25, 0.3) is 0 Å². The van der Waals surface area contributed by atoms with Crippen LogP contribution in [0.3, 0.4) is 0 Å². The maximum Gasteiger partial charge on any atom is 0.242 e. The molecule has 0 radical (unpaired) electrons. The van der Waals surface area contributed by atoms with Crippen LogP contribution in [0.5, 0.6) is 0 Å². The molecule has 5 nitrogen and oxygen atoms in total. The van der Waals surface area contributed by atoms with E-state index < -0.39 is 6.04 Å². The molecule has 0 saturated carbocycles. The minimum atomic E-state index is -0.497. The fourth-order valence-corrected chi connectivity index (χ4v) is 1.18. The summed E-state index contributed by atoms with van der Waals surface area (Å²) < 4.78 is 0. The van der Waals surface area contributed by atoms with Gasteiger partial charge in [-0.05, 0) is 34.1 Å². The first-order valence-electron chi connectivity index (χ1n) is 6.19. The molecular weight excluding hydrogens is 218 g/mol. The van der Waals surface area contributed by atoms with Gasteiger partial charge in [0.2, 0.25) is 11.8 Å². The van der Waals surface area contributed by atoms with Crippen molar-refractivity contribution >= 4 is 11.8 Å². The van der Waals surface area contributed by atoms with Crippen LogP contribution in [0.1, 0.15) is 41.0 Å². The second-order valence-electron chi connectivity index (χ2n) is 4.64. The highest BCUT2D eigenvalue weighted by Crippen LogP contribution is 1.88. The van der Waals surface area contributed by atoms with Crippen molar-refractivity contribution < 1.29 is 9.59 Å². The van der Waals surface area contributed by atoms with Crippen LogP contribution in [0.15, 0.2) is 0 Å². The van der Waals surface area contributed by atoms with E-state index in [0.29, 0.717) is 6.04 Å². The van der Waals surface area contributed by atoms with Crippen molar-refractivity contribution in [2.75, 3.05) is 6.54 Å². The molecule has 0 fully saturated rings. The summed E-state index contributed by atoms with van der Waals surface area (Å²) >= 11 is 0. The molecule has 0 aromatic rings. The summed E-state index contributed by atoms with van der Waals surface area (Å²) in [4.78, 5) is 23.0. The molecule has 0 heterocycles. The number of hydrogen-bond donors (Lipinski definition) is 3. The molecule has 0 bridgehead atoms. The van der Waals surface area contributed by atoms with Gasteiger partial charge in [0.05, 0.1) is 6.54 Å². The number of amides is 2. The van der Waals surface area contributed by atoms with E-state index in [0.717, 1.165) is 6.42 Å². The molecule has 2 unspecified atom stereocenters. The van der Waals surface area contributed by atoms with Crippen LogP contribution >= 0.6 is 0 Å². The average molecular weight is 243 g/mol. The van der Waals surface area contributed by atoms with E-state index in [1.807, 2.05) is 27.7 Å². The Balaban J connectivity index is 3.91. The smallest absolute Gasteiger partial charge is 0.242 e. The molecule has 0 aliphatic heterocycles. The molecule has 0 aromatic heterocycles. The summed E-state index contributed by atoms with van der Waals surface area (Å²) in [6.45, 7) is 9.76. The summed E-state index contributed by atoms with van der Waals surface area (Å²) in [7, 11) is 0. The van der Waals surface area contributed by atoms with Crippen molar-refractivity contribution in [3.8, 4) is 0 Å². The Morgan fingerprint density at radius 3 is 2.12 bits per heavy atom. The SMILES string of the molecule is CCC(C)NCC(=O)NC(C)C(=O)NC(C)C. The lowest BCUT2D eigenvalue weighted by atomic mass is 10.2. The van der Waals surface area contributed by atoms with Gasteiger partial charge in [0, 0.05) is 12.1 Å². The molecule has 5 heteroatoms. The monoisotopic (exact) mass is 243 g/mol. The third-order valence-corrected chi connectivity index (χ3v) is 2.43. The molecule has 0 rings (SSSR count). The Bertz CT molecular complexity index is 254. The number of carbonyl (C=O) groups is 2. The highest BCUT2D eigenvalue weighted by atomic mass is 16.2. The number of carbonyl (C=O) groups excluding carboxylic acids is 2. The quantitative estimate of drug-likeness (QED) is 0.606. The number of hydrogen-bond acceptors (Lipinski definition) is 3. The molecule has 100 valence electrons. The molecule has 17 heavy (non-hydrogen) atoms. The van der Waals surface area contributed by atoms with Crippen molar-refractivity contribution in [3.05, 3.63) is 0 Å². The lowest BCUT2D eigenvalue weighted by molar-refractivity contribution is -0.128. The van der Waals surface area contributed by atoms with E-state index in [9.17, 15) is 9.59 Å². The van der Waals surface area contributed by atoms with Crippen molar-refractivity contribution in [1.82, 2.24) is 16.0 Å². The average Bonchev–Trinajstić information content (AvgIpc) is 2.24. The maximum absolute atomic E-state index is 11.5. The van der Waals surface area contributed by atoms with Gasteiger partial charge in [0.15, 0.2) is 0 Å². The van der Waals surface area contributed by atoms with Crippen LogP contribution in [0.4, 0.5) is 0 Å². The van der Waals surface area contributed by atoms with E-state index in [2.05, 4.69) is 16.0 Å². The minimum absolute atomic E-state index is 0.0834. The molecule has 0 saturated heterocycles. The zero-order chi connectivity index (χ0) is 13.4. The molecule has 0 aliphatic rings. The molecular formula is C12H25N3O2. The number of rotatable bonds is 7. The van der Waals surface area contributed by atoms with Crippen molar-refractivity contribution in [2.24, 2.45) is 0 Å². The number of nitrogens with one attached hydrogen (secondary N) is 3. The zero-order valence-corrected chi connectivity index (χ0v) is 11.5. The second-order valence-corrected chi connectivity index (χ2v) is 4.64. The Kier molecular flexibility index (Phi) is 7.54. The van der Waals surface area contributed by atoms with Gasteiger partial charge in [0.1, 0.15) is 6.04 Å². The fourth-order valence-electron chi connectivity index (χ4n) is 1.18. The third-order valence-electron chi connectivity index (χ3n) is 2.43. The second kappa shape index (κ2) is 8.06. The largest absolute Gasteiger partial charge is 0.352 e. The Hall–Kier alpha value is -1.10. The van der Waals surface area contributed by atoms with Gasteiger partial charge in [-0.15, -0.1) is 0 Å². The molecule has 0 aromatic carbocycles. The van der Waals surface area contributed by atoms with Gasteiger partial charge in [-0.2, -0.15) is 0 Å². The fraction of sp³-hybridized carbons (Fsp3) is 0.833. The van der Waals surface area contributed by atoms with Crippen LogP contribution < -0.4 is 16.0 Å². The molecule has 0 aliphatic carbocycles. The predicted molar refractivity (Wildman–Crippen MR) is 68.6 cm³/mol. The Labute approximate surface area is 104 Å². The summed E-state index contributed by atoms with van der Waals surface area (Å²) in [6.07, 6.45) is 0.969. The standard InChI is InChI=1S/C12H25N3O2/c1-6-9(4)13-7-11(16)15-10(5)12(17)14-8(2)3/h8-10,13H,6-7H2,1-5H3,(H,14,17)(H,15,16). The molecule has 0 spiro atoms. The summed E-state index contributed by atoms with van der Waals surface area (Å²) in [6, 6.07) is -0.107. The van der Waals surface area contributed by atoms with Gasteiger partial charge >= 0.3 is 0 Å². The van der Waals surface area contributed by atoms with Crippen molar-refractivity contribution in [2.45, 2.75) is 59.2 Å². The summed E-state index contributed by atoms with van der Waals surface area (Å²) in [5.74, 6) is -0.311. The lowest BCUT2D eigenvalue weighted by Crippen LogP contribution is -2.49. The minimum Gasteiger partial charge on any atom is -0.352 e. The van der Waals surface area contributed by atoms with E-state index in [1.165, 1.54) is 0 Å². The van der Waals surface area contributed by atoms with Crippen molar-refractivity contribution in [1.29, 1.82) is 0 Å². The first-order chi connectivity index (χ1) is 7.86. The van der Waals surface area contributed by atoms with Crippen molar-refractivity contribution in [3.63, 3.8) is 0 Å². The van der Waals surface area contributed by atoms with Crippen LogP contribution in [-0.2, 0) is 9.59 Å². The van der Waals surface area contributed by atoms with Gasteiger partial charge in [-0.1, -0.05) is 6.92 Å². The summed E-state index contributed by atoms with van der Waals surface area (Å²) in [5.41, 5.74) is 0. The van der Waals surface area contributed by atoms with E-state index in [1.54, 1.807) is 6.92 Å². The molecule has 2 amide bonds. The Morgan fingerprint density at radius 1 is 1.06 bits per heavy atom. The topological polar surface area (TPSA) is 70.2 Å². The van der Waals surface area contributed by atoms with Crippen LogP contribution in [0, 0.1) is 0 Å². The van der Waals surface area contributed by atoms with Crippen LogP contribution in [0.25, 0.3) is 0 Å². The Morgan fingerprint density at radius 2 is 1.65 bits per heavy atom. The molecule has 3 N–H and O–H groups in total. The highest BCUT2D eigenvalue weighted by molar-refractivity contribution is 5.88. The van der Waals surface area contributed by atoms with E-state index in [4.69, 9.17) is 0 Å². The van der Waals surface area contributed by atoms with Crippen LogP contribution in [-0.4, -0.2) is 36.5 Å². The maximum atomic E-state index is 11.5. The molecule has 2 atom stereocenters. The third kappa shape index (κ3) is 7.74. The van der Waals surface area contributed by atoms with E-state index >= 15 is 0 Å². The van der Waals surface area contributed by atoms with E-state index in [-0.39, 0.29) is 24.4 Å². The zero-order valence-electron chi connectivity index (χ0n) is 11.5. The first-order valence-corrected chi connectivity index (χ1v) is 6.19. The normalized spacial score (nSPS) is 14.2. The highest BCUT2D eigenvalue weighted by Gasteiger charge is 2.15. The first kappa shape index (κ1) is 15.9. The van der Waals surface area contributed by atoms with Gasteiger partial charge in [-0.25, -0.2) is 0 Å². The lowest BCUT2D eigenvalue weighted by Gasteiger charge is -2.17. The predicted octanol–water partition coefficient (Wildman–Crippen LogP) is 0.404. The summed E-state index contributed by atoms with van der Waals surface area (Å²) in [5, 5.41) is 8.47. The van der Waals surface area contributed by atoms with Gasteiger partial charge in [-0.3, -0.25) is 9.59 Å².